The average molecular weight is 248 g/mol. The van der Waals surface area contributed by atoms with E-state index < -0.39 is 0 Å². The van der Waals surface area contributed by atoms with Crippen molar-refractivity contribution in [3.63, 3.8) is 0 Å². The molecule has 1 aromatic carbocycles. The topological polar surface area (TPSA) is 61.4 Å². The van der Waals surface area contributed by atoms with E-state index in [1.165, 1.54) is 25.7 Å². The van der Waals surface area contributed by atoms with Crippen molar-refractivity contribution < 1.29 is 9.90 Å². The number of anilines is 1. The second kappa shape index (κ2) is 5.87. The number of phenolic OH excluding ortho intramolecular Hbond substituents is 1. The van der Waals surface area contributed by atoms with Crippen LogP contribution < -0.4 is 10.6 Å². The van der Waals surface area contributed by atoms with Gasteiger partial charge in [-0.3, -0.25) is 4.79 Å². The predicted octanol–water partition coefficient (Wildman–Crippen LogP) is 2.17. The van der Waals surface area contributed by atoms with Crippen LogP contribution in [0.4, 0.5) is 5.69 Å². The lowest BCUT2D eigenvalue weighted by atomic mass is 10.2. The highest BCUT2D eigenvalue weighted by atomic mass is 16.3. The highest BCUT2D eigenvalue weighted by Crippen LogP contribution is 2.20. The molecule has 0 saturated heterocycles. The van der Waals surface area contributed by atoms with Crippen molar-refractivity contribution >= 4 is 11.6 Å². The molecule has 0 aliphatic heterocycles. The molecule has 0 heterocycles. The molecule has 1 aromatic rings. The van der Waals surface area contributed by atoms with Gasteiger partial charge in [-0.05, 0) is 43.5 Å². The predicted molar refractivity (Wildman–Crippen MR) is 71.7 cm³/mol. The zero-order chi connectivity index (χ0) is 13.0. The van der Waals surface area contributed by atoms with Gasteiger partial charge < -0.3 is 15.7 Å². The fourth-order valence-corrected chi connectivity index (χ4v) is 2.31. The molecule has 1 fully saturated rings. The van der Waals surface area contributed by atoms with Gasteiger partial charge in [0.2, 0.25) is 5.91 Å². The van der Waals surface area contributed by atoms with Crippen molar-refractivity contribution in [2.45, 2.75) is 38.6 Å². The molecule has 0 spiro atoms. The molecule has 0 atom stereocenters. The summed E-state index contributed by atoms with van der Waals surface area (Å²) in [6.07, 6.45) is 4.87. The first-order valence-electron chi connectivity index (χ1n) is 6.48. The molecule has 4 nitrogen and oxygen atoms in total. The quantitative estimate of drug-likeness (QED) is 0.716. The van der Waals surface area contributed by atoms with E-state index >= 15 is 0 Å². The summed E-state index contributed by atoms with van der Waals surface area (Å²) in [5.74, 6) is 0.212. The number of carbonyl (C=O) groups is 1. The number of aryl methyl sites for hydroxylation is 1. The molecule has 1 saturated carbocycles. The Morgan fingerprint density at radius 2 is 2.11 bits per heavy atom. The summed E-state index contributed by atoms with van der Waals surface area (Å²) in [7, 11) is 0. The first-order valence-corrected chi connectivity index (χ1v) is 6.48. The minimum atomic E-state index is -0.0352. The average Bonchev–Trinajstić information content (AvgIpc) is 2.84. The molecule has 2 rings (SSSR count). The summed E-state index contributed by atoms with van der Waals surface area (Å²) < 4.78 is 0. The van der Waals surface area contributed by atoms with Gasteiger partial charge in [0.1, 0.15) is 5.75 Å². The van der Waals surface area contributed by atoms with Crippen LogP contribution in [-0.4, -0.2) is 23.6 Å². The number of hydrogen-bond donors (Lipinski definition) is 3. The third kappa shape index (κ3) is 3.47. The molecule has 1 amide bonds. The van der Waals surface area contributed by atoms with Crippen molar-refractivity contribution in [2.75, 3.05) is 11.9 Å². The van der Waals surface area contributed by atoms with Crippen molar-refractivity contribution in [1.82, 2.24) is 5.32 Å². The maximum atomic E-state index is 11.7. The molecule has 4 heteroatoms. The van der Waals surface area contributed by atoms with E-state index in [9.17, 15) is 9.90 Å². The highest BCUT2D eigenvalue weighted by Gasteiger charge is 2.15. The van der Waals surface area contributed by atoms with Gasteiger partial charge in [-0.25, -0.2) is 0 Å². The molecule has 1 aliphatic carbocycles. The lowest BCUT2D eigenvalue weighted by Crippen LogP contribution is -2.34. The number of phenols is 1. The van der Waals surface area contributed by atoms with E-state index in [1.807, 2.05) is 6.92 Å². The Kier molecular flexibility index (Phi) is 4.20. The van der Waals surface area contributed by atoms with Crippen LogP contribution in [0.1, 0.15) is 31.2 Å². The number of rotatable bonds is 4. The minimum Gasteiger partial charge on any atom is -0.508 e. The van der Waals surface area contributed by atoms with E-state index in [2.05, 4.69) is 10.6 Å². The van der Waals surface area contributed by atoms with Gasteiger partial charge in [-0.15, -0.1) is 0 Å². The van der Waals surface area contributed by atoms with Gasteiger partial charge in [0.05, 0.1) is 6.54 Å². The molecule has 98 valence electrons. The van der Waals surface area contributed by atoms with Gasteiger partial charge in [0, 0.05) is 11.7 Å². The molecule has 0 unspecified atom stereocenters. The Labute approximate surface area is 107 Å². The normalized spacial score (nSPS) is 15.8. The highest BCUT2D eigenvalue weighted by molar-refractivity contribution is 5.92. The fraction of sp³-hybridized carbons (Fsp3) is 0.500. The summed E-state index contributed by atoms with van der Waals surface area (Å²) in [6.45, 7) is 2.16. The number of nitrogens with one attached hydrogen (secondary N) is 2. The standard InChI is InChI=1S/C14H20N2O2/c1-10-8-12(6-7-13(10)17)16-14(18)9-15-11-4-2-3-5-11/h6-8,11,15,17H,2-5,9H2,1H3,(H,16,18). The number of carbonyl (C=O) groups excluding carboxylic acids is 1. The van der Waals surface area contributed by atoms with Gasteiger partial charge in [0.25, 0.3) is 0 Å². The molecule has 3 N–H and O–H groups in total. The van der Waals surface area contributed by atoms with Crippen LogP contribution in [0.25, 0.3) is 0 Å². The van der Waals surface area contributed by atoms with Crippen LogP contribution in [0.2, 0.25) is 0 Å². The fourth-order valence-electron chi connectivity index (χ4n) is 2.31. The van der Waals surface area contributed by atoms with E-state index in [4.69, 9.17) is 0 Å². The van der Waals surface area contributed by atoms with Crippen LogP contribution in [0, 0.1) is 6.92 Å². The Morgan fingerprint density at radius 1 is 1.39 bits per heavy atom. The van der Waals surface area contributed by atoms with E-state index in [1.54, 1.807) is 18.2 Å². The molecule has 0 radical (unpaired) electrons. The van der Waals surface area contributed by atoms with Crippen molar-refractivity contribution in [1.29, 1.82) is 0 Å². The number of benzene rings is 1. The van der Waals surface area contributed by atoms with Crippen molar-refractivity contribution in [3.8, 4) is 5.75 Å². The minimum absolute atomic E-state index is 0.0352. The molecule has 1 aliphatic rings. The second-order valence-corrected chi connectivity index (χ2v) is 4.91. The Hall–Kier alpha value is -1.55. The molecule has 0 bridgehead atoms. The van der Waals surface area contributed by atoms with Crippen LogP contribution in [-0.2, 0) is 4.79 Å². The number of hydrogen-bond acceptors (Lipinski definition) is 3. The summed E-state index contributed by atoms with van der Waals surface area (Å²) in [5, 5.41) is 15.5. The van der Waals surface area contributed by atoms with Gasteiger partial charge in [-0.1, -0.05) is 12.8 Å². The Morgan fingerprint density at radius 3 is 2.78 bits per heavy atom. The molecule has 0 aromatic heterocycles. The zero-order valence-corrected chi connectivity index (χ0v) is 10.7. The maximum absolute atomic E-state index is 11.7. The molecular formula is C14H20N2O2. The number of amides is 1. The smallest absolute Gasteiger partial charge is 0.238 e. The van der Waals surface area contributed by atoms with E-state index in [0.29, 0.717) is 12.6 Å². The van der Waals surface area contributed by atoms with Crippen molar-refractivity contribution in [2.24, 2.45) is 0 Å². The monoisotopic (exact) mass is 248 g/mol. The summed E-state index contributed by atoms with van der Waals surface area (Å²) in [5.41, 5.74) is 1.49. The third-order valence-electron chi connectivity index (χ3n) is 3.39. The van der Waals surface area contributed by atoms with Gasteiger partial charge >= 0.3 is 0 Å². The summed E-state index contributed by atoms with van der Waals surface area (Å²) in [6, 6.07) is 5.56. The lowest BCUT2D eigenvalue weighted by molar-refractivity contribution is -0.115. The molecular weight excluding hydrogens is 228 g/mol. The van der Waals surface area contributed by atoms with Crippen molar-refractivity contribution in [3.05, 3.63) is 23.8 Å². The van der Waals surface area contributed by atoms with E-state index in [-0.39, 0.29) is 11.7 Å². The first kappa shape index (κ1) is 12.9. The first-order chi connectivity index (χ1) is 8.65. The summed E-state index contributed by atoms with van der Waals surface area (Å²) in [4.78, 5) is 11.7. The van der Waals surface area contributed by atoms with Crippen LogP contribution in [0.5, 0.6) is 5.75 Å². The number of aromatic hydroxyl groups is 1. The van der Waals surface area contributed by atoms with Crippen LogP contribution in [0.3, 0.4) is 0 Å². The Bertz CT molecular complexity index is 426. The third-order valence-corrected chi connectivity index (χ3v) is 3.39. The second-order valence-electron chi connectivity index (χ2n) is 4.91. The van der Waals surface area contributed by atoms with Crippen LogP contribution >= 0.6 is 0 Å². The van der Waals surface area contributed by atoms with Crippen LogP contribution in [0.15, 0.2) is 18.2 Å². The lowest BCUT2D eigenvalue weighted by Gasteiger charge is -2.12. The SMILES string of the molecule is Cc1cc(NC(=O)CNC2CCCC2)ccc1O. The summed E-state index contributed by atoms with van der Waals surface area (Å²) >= 11 is 0. The molecule has 18 heavy (non-hydrogen) atoms. The zero-order valence-electron chi connectivity index (χ0n) is 10.7. The maximum Gasteiger partial charge on any atom is 0.238 e. The van der Waals surface area contributed by atoms with Gasteiger partial charge in [0.15, 0.2) is 0 Å². The Balaban J connectivity index is 1.80. The van der Waals surface area contributed by atoms with E-state index in [0.717, 1.165) is 11.3 Å². The largest absolute Gasteiger partial charge is 0.508 e. The van der Waals surface area contributed by atoms with Gasteiger partial charge in [-0.2, -0.15) is 0 Å².